The van der Waals surface area contributed by atoms with Crippen molar-refractivity contribution in [2.75, 3.05) is 32.6 Å². The van der Waals surface area contributed by atoms with Crippen LogP contribution < -0.4 is 10.6 Å². The van der Waals surface area contributed by atoms with Gasteiger partial charge in [-0.1, -0.05) is 12.2 Å². The normalized spacial score (nSPS) is 9.94. The van der Waals surface area contributed by atoms with E-state index in [2.05, 4.69) is 4.98 Å². The topological polar surface area (TPSA) is 62.5 Å². The highest BCUT2D eigenvalue weighted by atomic mass is 32.1. The monoisotopic (exact) mass is 266 g/mol. The quantitative estimate of drug-likeness (QED) is 0.802. The number of carbonyl (C=O) groups is 1. The van der Waals surface area contributed by atoms with E-state index in [1.165, 1.54) is 4.90 Å². The second-order valence-electron chi connectivity index (χ2n) is 4.24. The molecule has 0 bridgehead atoms. The average Bonchev–Trinajstić information content (AvgIpc) is 2.34. The minimum atomic E-state index is -0.111. The number of hydrogen-bond donors (Lipinski definition) is 1. The van der Waals surface area contributed by atoms with Crippen LogP contribution in [0.2, 0.25) is 0 Å². The Labute approximate surface area is 113 Å². The molecule has 0 aliphatic heterocycles. The summed E-state index contributed by atoms with van der Waals surface area (Å²) < 4.78 is 0. The molecule has 0 aromatic carbocycles. The van der Waals surface area contributed by atoms with Crippen LogP contribution in [-0.4, -0.2) is 48.5 Å². The number of rotatable bonds is 5. The molecule has 98 valence electrons. The third-order valence-corrected chi connectivity index (χ3v) is 2.71. The lowest BCUT2D eigenvalue weighted by Gasteiger charge is -2.19. The molecule has 1 rings (SSSR count). The molecule has 1 heterocycles. The molecule has 5 nitrogen and oxygen atoms in total. The second-order valence-corrected chi connectivity index (χ2v) is 4.76. The zero-order valence-electron chi connectivity index (χ0n) is 10.9. The van der Waals surface area contributed by atoms with E-state index in [9.17, 15) is 4.79 Å². The summed E-state index contributed by atoms with van der Waals surface area (Å²) >= 11 is 4.84. The lowest BCUT2D eigenvalue weighted by atomic mass is 10.2. The number of nitrogens with two attached hydrogens (primary N) is 1. The van der Waals surface area contributed by atoms with E-state index in [0.29, 0.717) is 17.1 Å². The van der Waals surface area contributed by atoms with Crippen LogP contribution in [0, 0.1) is 0 Å². The van der Waals surface area contributed by atoms with Gasteiger partial charge in [-0.05, 0) is 12.1 Å². The summed E-state index contributed by atoms with van der Waals surface area (Å²) in [6.45, 7) is 0.717. The van der Waals surface area contributed by atoms with Crippen LogP contribution in [0.1, 0.15) is 16.9 Å². The standard InChI is InChI=1S/C12H18N4OS/c1-15(2)12(17)10-8-9(4-6-14-10)16(3)7-5-11(13)18/h4,6,8H,5,7H2,1-3H3,(H2,13,18). The SMILES string of the molecule is CN(C)C(=O)c1cc(N(C)CCC(N)=S)ccn1. The van der Waals surface area contributed by atoms with E-state index >= 15 is 0 Å². The van der Waals surface area contributed by atoms with E-state index < -0.39 is 0 Å². The predicted octanol–water partition coefficient (Wildman–Crippen LogP) is 0.896. The Kier molecular flexibility index (Phi) is 5.03. The maximum Gasteiger partial charge on any atom is 0.272 e. The Morgan fingerprint density at radius 3 is 2.67 bits per heavy atom. The van der Waals surface area contributed by atoms with Crippen LogP contribution in [0.25, 0.3) is 0 Å². The van der Waals surface area contributed by atoms with Gasteiger partial charge in [0.05, 0.1) is 4.99 Å². The van der Waals surface area contributed by atoms with Crippen molar-refractivity contribution >= 4 is 28.8 Å². The zero-order chi connectivity index (χ0) is 13.7. The molecular weight excluding hydrogens is 248 g/mol. The van der Waals surface area contributed by atoms with Gasteiger partial charge in [0.2, 0.25) is 0 Å². The molecular formula is C12H18N4OS. The van der Waals surface area contributed by atoms with E-state index in [-0.39, 0.29) is 5.91 Å². The van der Waals surface area contributed by atoms with Crippen molar-refractivity contribution in [2.24, 2.45) is 5.73 Å². The highest BCUT2D eigenvalue weighted by Crippen LogP contribution is 2.14. The molecule has 0 aliphatic rings. The van der Waals surface area contributed by atoms with Gasteiger partial charge in [-0.15, -0.1) is 0 Å². The Bertz CT molecular complexity index is 447. The molecule has 0 atom stereocenters. The summed E-state index contributed by atoms with van der Waals surface area (Å²) in [5.74, 6) is -0.111. The van der Waals surface area contributed by atoms with Gasteiger partial charge in [0.1, 0.15) is 5.69 Å². The van der Waals surface area contributed by atoms with Gasteiger partial charge in [-0.3, -0.25) is 9.78 Å². The van der Waals surface area contributed by atoms with Crippen LogP contribution in [0.15, 0.2) is 18.3 Å². The van der Waals surface area contributed by atoms with E-state index in [1.54, 1.807) is 26.4 Å². The Balaban J connectivity index is 2.81. The van der Waals surface area contributed by atoms with E-state index in [1.807, 2.05) is 18.0 Å². The molecule has 0 saturated heterocycles. The molecule has 0 saturated carbocycles. The number of carbonyl (C=O) groups excluding carboxylic acids is 1. The van der Waals surface area contributed by atoms with Crippen molar-refractivity contribution < 1.29 is 4.79 Å². The molecule has 0 radical (unpaired) electrons. The number of amides is 1. The van der Waals surface area contributed by atoms with E-state index in [4.69, 9.17) is 18.0 Å². The fraction of sp³-hybridized carbons (Fsp3) is 0.417. The fourth-order valence-electron chi connectivity index (χ4n) is 1.41. The Hall–Kier alpha value is -1.69. The minimum absolute atomic E-state index is 0.111. The first kappa shape index (κ1) is 14.4. The fourth-order valence-corrected chi connectivity index (χ4v) is 1.50. The highest BCUT2D eigenvalue weighted by Gasteiger charge is 2.11. The van der Waals surface area contributed by atoms with Crippen molar-refractivity contribution in [3.63, 3.8) is 0 Å². The molecule has 2 N–H and O–H groups in total. The van der Waals surface area contributed by atoms with Gasteiger partial charge in [0.15, 0.2) is 0 Å². The van der Waals surface area contributed by atoms with Crippen molar-refractivity contribution in [2.45, 2.75) is 6.42 Å². The molecule has 0 spiro atoms. The molecule has 18 heavy (non-hydrogen) atoms. The van der Waals surface area contributed by atoms with Gasteiger partial charge in [0.25, 0.3) is 5.91 Å². The third-order valence-electron chi connectivity index (χ3n) is 2.50. The first-order valence-corrected chi connectivity index (χ1v) is 5.99. The maximum atomic E-state index is 11.8. The van der Waals surface area contributed by atoms with Gasteiger partial charge in [-0.25, -0.2) is 0 Å². The number of thiocarbonyl (C=S) groups is 1. The second kappa shape index (κ2) is 6.30. The number of aromatic nitrogens is 1. The molecule has 1 aromatic heterocycles. The third kappa shape index (κ3) is 3.96. The van der Waals surface area contributed by atoms with Crippen molar-refractivity contribution in [3.8, 4) is 0 Å². The van der Waals surface area contributed by atoms with Crippen LogP contribution in [0.3, 0.4) is 0 Å². The van der Waals surface area contributed by atoms with Crippen molar-refractivity contribution in [1.82, 2.24) is 9.88 Å². The number of nitrogens with zero attached hydrogens (tertiary/aromatic N) is 3. The minimum Gasteiger partial charge on any atom is -0.393 e. The summed E-state index contributed by atoms with van der Waals surface area (Å²) in [5, 5.41) is 0. The first-order valence-electron chi connectivity index (χ1n) is 5.59. The van der Waals surface area contributed by atoms with Gasteiger partial charge >= 0.3 is 0 Å². The number of pyridine rings is 1. The summed E-state index contributed by atoms with van der Waals surface area (Å²) in [6, 6.07) is 3.62. The molecule has 1 aromatic rings. The predicted molar refractivity (Wildman–Crippen MR) is 76.9 cm³/mol. The largest absolute Gasteiger partial charge is 0.393 e. The number of hydrogen-bond acceptors (Lipinski definition) is 4. The van der Waals surface area contributed by atoms with Crippen LogP contribution in [-0.2, 0) is 0 Å². The zero-order valence-corrected chi connectivity index (χ0v) is 11.7. The lowest BCUT2D eigenvalue weighted by molar-refractivity contribution is 0.0822. The summed E-state index contributed by atoms with van der Waals surface area (Å²) in [5.41, 5.74) is 6.82. The first-order chi connectivity index (χ1) is 8.41. The van der Waals surface area contributed by atoms with Crippen LogP contribution in [0.4, 0.5) is 5.69 Å². The Morgan fingerprint density at radius 2 is 2.11 bits per heavy atom. The summed E-state index contributed by atoms with van der Waals surface area (Å²) in [7, 11) is 5.33. The number of anilines is 1. The van der Waals surface area contributed by atoms with Crippen molar-refractivity contribution in [3.05, 3.63) is 24.0 Å². The lowest BCUT2D eigenvalue weighted by Crippen LogP contribution is -2.25. The molecule has 0 aliphatic carbocycles. The molecule has 1 amide bonds. The highest BCUT2D eigenvalue weighted by molar-refractivity contribution is 7.80. The summed E-state index contributed by atoms with van der Waals surface area (Å²) in [6.07, 6.45) is 2.27. The van der Waals surface area contributed by atoms with Gasteiger partial charge in [-0.2, -0.15) is 0 Å². The molecule has 0 unspecified atom stereocenters. The van der Waals surface area contributed by atoms with Crippen LogP contribution in [0.5, 0.6) is 0 Å². The smallest absolute Gasteiger partial charge is 0.272 e. The van der Waals surface area contributed by atoms with Crippen LogP contribution >= 0.6 is 12.2 Å². The van der Waals surface area contributed by atoms with Gasteiger partial charge in [0, 0.05) is 46.0 Å². The van der Waals surface area contributed by atoms with E-state index in [0.717, 1.165) is 12.2 Å². The maximum absolute atomic E-state index is 11.8. The van der Waals surface area contributed by atoms with Crippen molar-refractivity contribution in [1.29, 1.82) is 0 Å². The average molecular weight is 266 g/mol. The molecule has 0 fully saturated rings. The Morgan fingerprint density at radius 1 is 1.44 bits per heavy atom. The van der Waals surface area contributed by atoms with Gasteiger partial charge < -0.3 is 15.5 Å². The summed E-state index contributed by atoms with van der Waals surface area (Å²) in [4.78, 5) is 19.8. The molecule has 6 heteroatoms.